The Morgan fingerprint density at radius 1 is 1.33 bits per heavy atom. The SMILES string of the molecule is CCOCCN(C)S(=O)(=O)CCCCN. The molecule has 92 valence electrons. The van der Waals surface area contributed by atoms with Gasteiger partial charge in [-0.2, -0.15) is 0 Å². The van der Waals surface area contributed by atoms with Gasteiger partial charge in [0.05, 0.1) is 12.4 Å². The van der Waals surface area contributed by atoms with E-state index < -0.39 is 10.0 Å². The highest BCUT2D eigenvalue weighted by Crippen LogP contribution is 2.01. The van der Waals surface area contributed by atoms with Crippen LogP contribution in [0.3, 0.4) is 0 Å². The Kier molecular flexibility index (Phi) is 7.95. The van der Waals surface area contributed by atoms with Crippen molar-refractivity contribution in [2.24, 2.45) is 5.73 Å². The molecule has 0 unspecified atom stereocenters. The number of nitrogens with zero attached hydrogens (tertiary/aromatic N) is 1. The number of hydrogen-bond donors (Lipinski definition) is 1. The van der Waals surface area contributed by atoms with Crippen LogP contribution in [0.1, 0.15) is 19.8 Å². The van der Waals surface area contributed by atoms with Crippen molar-refractivity contribution < 1.29 is 13.2 Å². The van der Waals surface area contributed by atoms with Crippen molar-refractivity contribution in [1.82, 2.24) is 4.31 Å². The molecule has 5 nitrogen and oxygen atoms in total. The van der Waals surface area contributed by atoms with Crippen LogP contribution in [0.2, 0.25) is 0 Å². The topological polar surface area (TPSA) is 72.6 Å². The Hall–Kier alpha value is -0.170. The van der Waals surface area contributed by atoms with Crippen molar-refractivity contribution >= 4 is 10.0 Å². The van der Waals surface area contributed by atoms with Gasteiger partial charge in [0.1, 0.15) is 0 Å². The number of unbranched alkanes of at least 4 members (excludes halogenated alkanes) is 1. The Morgan fingerprint density at radius 3 is 2.53 bits per heavy atom. The van der Waals surface area contributed by atoms with Gasteiger partial charge in [0.15, 0.2) is 0 Å². The van der Waals surface area contributed by atoms with E-state index in [2.05, 4.69) is 0 Å². The fourth-order valence-corrected chi connectivity index (χ4v) is 2.29. The Bertz CT molecular complexity index is 242. The van der Waals surface area contributed by atoms with Gasteiger partial charge in [0.25, 0.3) is 0 Å². The molecule has 2 N–H and O–H groups in total. The van der Waals surface area contributed by atoms with Crippen molar-refractivity contribution in [1.29, 1.82) is 0 Å². The Morgan fingerprint density at radius 2 is 2.00 bits per heavy atom. The molecule has 0 fully saturated rings. The Balaban J connectivity index is 3.86. The second-order valence-corrected chi connectivity index (χ2v) is 5.53. The van der Waals surface area contributed by atoms with Gasteiger partial charge >= 0.3 is 0 Å². The summed E-state index contributed by atoms with van der Waals surface area (Å²) in [4.78, 5) is 0. The van der Waals surface area contributed by atoms with Crippen LogP contribution in [-0.2, 0) is 14.8 Å². The van der Waals surface area contributed by atoms with Crippen LogP contribution in [0.5, 0.6) is 0 Å². The molecule has 0 rings (SSSR count). The number of ether oxygens (including phenoxy) is 1. The van der Waals surface area contributed by atoms with Crippen LogP contribution in [0.4, 0.5) is 0 Å². The van der Waals surface area contributed by atoms with Gasteiger partial charge in [-0.3, -0.25) is 0 Å². The molecule has 0 saturated heterocycles. The zero-order valence-electron chi connectivity index (χ0n) is 9.61. The third-order valence-electron chi connectivity index (χ3n) is 2.09. The van der Waals surface area contributed by atoms with Crippen LogP contribution in [0, 0.1) is 0 Å². The maximum absolute atomic E-state index is 11.6. The summed E-state index contributed by atoms with van der Waals surface area (Å²) in [5.41, 5.74) is 5.30. The summed E-state index contributed by atoms with van der Waals surface area (Å²) in [6.45, 7) is 3.90. The third kappa shape index (κ3) is 6.83. The highest BCUT2D eigenvalue weighted by Gasteiger charge is 2.16. The quantitative estimate of drug-likeness (QED) is 0.575. The number of rotatable bonds is 9. The summed E-state index contributed by atoms with van der Waals surface area (Å²) in [7, 11) is -1.54. The molecular weight excluding hydrogens is 216 g/mol. The molecule has 0 aromatic heterocycles. The van der Waals surface area contributed by atoms with Crippen LogP contribution >= 0.6 is 0 Å². The molecule has 0 aromatic carbocycles. The lowest BCUT2D eigenvalue weighted by Crippen LogP contribution is -2.32. The summed E-state index contributed by atoms with van der Waals surface area (Å²) in [5, 5.41) is 0. The summed E-state index contributed by atoms with van der Waals surface area (Å²) < 4.78 is 29.7. The molecule has 0 saturated carbocycles. The van der Waals surface area contributed by atoms with Gasteiger partial charge in [-0.1, -0.05) is 0 Å². The number of nitrogens with two attached hydrogens (primary N) is 1. The molecule has 6 heteroatoms. The minimum Gasteiger partial charge on any atom is -0.380 e. The first-order chi connectivity index (χ1) is 7.04. The van der Waals surface area contributed by atoms with Crippen molar-refractivity contribution in [3.63, 3.8) is 0 Å². The summed E-state index contributed by atoms with van der Waals surface area (Å²) in [6, 6.07) is 0. The molecular formula is C9H22N2O3S. The van der Waals surface area contributed by atoms with E-state index in [1.54, 1.807) is 7.05 Å². The zero-order chi connectivity index (χ0) is 11.7. The first kappa shape index (κ1) is 14.8. The molecule has 15 heavy (non-hydrogen) atoms. The monoisotopic (exact) mass is 238 g/mol. The predicted octanol–water partition coefficient (Wildman–Crippen LogP) is 0.0234. The highest BCUT2D eigenvalue weighted by molar-refractivity contribution is 7.89. The van der Waals surface area contributed by atoms with Gasteiger partial charge in [-0.05, 0) is 26.3 Å². The van der Waals surface area contributed by atoms with Gasteiger partial charge in [0.2, 0.25) is 10.0 Å². The molecule has 0 heterocycles. The van der Waals surface area contributed by atoms with E-state index in [4.69, 9.17) is 10.5 Å². The molecule has 0 aliphatic heterocycles. The second-order valence-electron chi connectivity index (χ2n) is 3.33. The Labute approximate surface area is 92.6 Å². The molecule has 0 amide bonds. The fraction of sp³-hybridized carbons (Fsp3) is 1.00. The number of sulfonamides is 1. The second kappa shape index (κ2) is 8.04. The van der Waals surface area contributed by atoms with Crippen LogP contribution in [-0.4, -0.2) is 51.8 Å². The normalized spacial score (nSPS) is 12.3. The van der Waals surface area contributed by atoms with E-state index in [0.29, 0.717) is 32.7 Å². The minimum atomic E-state index is -3.12. The summed E-state index contributed by atoms with van der Waals surface area (Å²) in [6.07, 6.45) is 1.37. The average molecular weight is 238 g/mol. The lowest BCUT2D eigenvalue weighted by Gasteiger charge is -2.16. The van der Waals surface area contributed by atoms with Crippen molar-refractivity contribution in [3.05, 3.63) is 0 Å². The molecule has 0 aromatic rings. The molecule has 0 radical (unpaired) electrons. The van der Waals surface area contributed by atoms with Gasteiger partial charge in [-0.15, -0.1) is 0 Å². The lowest BCUT2D eigenvalue weighted by atomic mass is 10.3. The van der Waals surface area contributed by atoms with Crippen molar-refractivity contribution in [2.75, 3.05) is 39.1 Å². The first-order valence-electron chi connectivity index (χ1n) is 5.26. The molecule has 0 aliphatic rings. The molecule has 0 spiro atoms. The van der Waals surface area contributed by atoms with Crippen molar-refractivity contribution in [2.45, 2.75) is 19.8 Å². The van der Waals surface area contributed by atoms with E-state index >= 15 is 0 Å². The fourth-order valence-electron chi connectivity index (χ4n) is 1.06. The average Bonchev–Trinajstić information content (AvgIpc) is 2.18. The molecule has 0 aliphatic carbocycles. The van der Waals surface area contributed by atoms with E-state index in [9.17, 15) is 8.42 Å². The van der Waals surface area contributed by atoms with E-state index in [1.165, 1.54) is 4.31 Å². The maximum Gasteiger partial charge on any atom is 0.213 e. The third-order valence-corrected chi connectivity index (χ3v) is 4.02. The van der Waals surface area contributed by atoms with Gasteiger partial charge in [0, 0.05) is 20.2 Å². The molecule has 0 bridgehead atoms. The smallest absolute Gasteiger partial charge is 0.213 e. The van der Waals surface area contributed by atoms with Crippen molar-refractivity contribution in [3.8, 4) is 0 Å². The summed E-state index contributed by atoms with van der Waals surface area (Å²) in [5.74, 6) is 0.173. The summed E-state index contributed by atoms with van der Waals surface area (Å²) >= 11 is 0. The highest BCUT2D eigenvalue weighted by atomic mass is 32.2. The molecule has 0 atom stereocenters. The van der Waals surface area contributed by atoms with Gasteiger partial charge < -0.3 is 10.5 Å². The first-order valence-corrected chi connectivity index (χ1v) is 6.87. The van der Waals surface area contributed by atoms with Gasteiger partial charge in [-0.25, -0.2) is 12.7 Å². The lowest BCUT2D eigenvalue weighted by molar-refractivity contribution is 0.138. The van der Waals surface area contributed by atoms with Crippen LogP contribution in [0.15, 0.2) is 0 Å². The number of likely N-dealkylation sites (N-methyl/N-ethyl adjacent to an activating group) is 1. The van der Waals surface area contributed by atoms with E-state index in [0.717, 1.165) is 6.42 Å². The predicted molar refractivity (Wildman–Crippen MR) is 61.2 cm³/mol. The maximum atomic E-state index is 11.6. The van der Waals surface area contributed by atoms with Crippen LogP contribution < -0.4 is 5.73 Å². The van der Waals surface area contributed by atoms with Crippen LogP contribution in [0.25, 0.3) is 0 Å². The van der Waals surface area contributed by atoms with E-state index in [-0.39, 0.29) is 5.75 Å². The zero-order valence-corrected chi connectivity index (χ0v) is 10.4. The number of hydrogen-bond acceptors (Lipinski definition) is 4. The standard InChI is InChI=1S/C9H22N2O3S/c1-3-14-8-7-11(2)15(12,13)9-5-4-6-10/h3-10H2,1-2H3. The largest absolute Gasteiger partial charge is 0.380 e. The minimum absolute atomic E-state index is 0.173. The van der Waals surface area contributed by atoms with E-state index in [1.807, 2.05) is 6.92 Å².